The second kappa shape index (κ2) is 8.42. The van der Waals surface area contributed by atoms with Crippen LogP contribution in [-0.2, 0) is 11.6 Å². The number of benzene rings is 3. The standard InChI is InChI=1S/C28H25F3O/c1-19(2)17-25-24(26(32)20-13-15-23(16-14-20)28(29,30)31)18-27(25,21-9-5-3-6-10-21)22-11-7-4-8-12-22/h3-17,24-25H,18H2,1-2H3. The number of ketones is 1. The topological polar surface area (TPSA) is 17.1 Å². The molecule has 0 saturated heterocycles. The van der Waals surface area contributed by atoms with Crippen LogP contribution in [0.4, 0.5) is 13.2 Å². The van der Waals surface area contributed by atoms with Gasteiger partial charge in [0.1, 0.15) is 0 Å². The number of halogens is 3. The van der Waals surface area contributed by atoms with Gasteiger partial charge in [0.15, 0.2) is 5.78 Å². The second-order valence-electron chi connectivity index (χ2n) is 8.72. The normalized spacial score (nSPS) is 19.7. The summed E-state index contributed by atoms with van der Waals surface area (Å²) in [5.41, 5.74) is 2.62. The minimum atomic E-state index is -4.42. The van der Waals surface area contributed by atoms with Gasteiger partial charge in [-0.15, -0.1) is 0 Å². The zero-order valence-electron chi connectivity index (χ0n) is 18.1. The van der Waals surface area contributed by atoms with Crippen LogP contribution in [0.15, 0.2) is 96.6 Å². The molecule has 3 aromatic carbocycles. The zero-order chi connectivity index (χ0) is 22.9. The molecule has 2 atom stereocenters. The van der Waals surface area contributed by atoms with Gasteiger partial charge in [-0.1, -0.05) is 84.4 Å². The number of Topliss-reactive ketones (excluding diaryl/α,β-unsaturated/α-hetero) is 1. The lowest BCUT2D eigenvalue weighted by molar-refractivity contribution is -0.137. The molecule has 0 amide bonds. The Hall–Kier alpha value is -3.14. The summed E-state index contributed by atoms with van der Waals surface area (Å²) in [6.07, 6.45) is -1.66. The Labute approximate surface area is 186 Å². The Balaban J connectivity index is 1.75. The molecule has 0 radical (unpaired) electrons. The van der Waals surface area contributed by atoms with Crippen molar-refractivity contribution in [3.63, 3.8) is 0 Å². The number of alkyl halides is 3. The third kappa shape index (κ3) is 3.90. The molecule has 0 N–H and O–H groups in total. The third-order valence-corrected chi connectivity index (χ3v) is 6.47. The molecule has 4 heteroatoms. The SMILES string of the molecule is CC(C)=CC1C(C(=O)c2ccc(C(F)(F)F)cc2)CC1(c1ccccc1)c1ccccc1. The lowest BCUT2D eigenvalue weighted by atomic mass is 9.47. The van der Waals surface area contributed by atoms with E-state index < -0.39 is 11.7 Å². The number of carbonyl (C=O) groups is 1. The third-order valence-electron chi connectivity index (χ3n) is 6.47. The van der Waals surface area contributed by atoms with E-state index in [2.05, 4.69) is 30.3 Å². The lowest BCUT2D eigenvalue weighted by Crippen LogP contribution is -2.54. The highest BCUT2D eigenvalue weighted by Gasteiger charge is 2.57. The van der Waals surface area contributed by atoms with E-state index >= 15 is 0 Å². The van der Waals surface area contributed by atoms with Gasteiger partial charge >= 0.3 is 6.18 Å². The van der Waals surface area contributed by atoms with Crippen LogP contribution in [-0.4, -0.2) is 5.78 Å². The van der Waals surface area contributed by atoms with Gasteiger partial charge in [0.2, 0.25) is 0 Å². The highest BCUT2D eigenvalue weighted by atomic mass is 19.4. The van der Waals surface area contributed by atoms with Crippen molar-refractivity contribution in [1.29, 1.82) is 0 Å². The molecule has 2 unspecified atom stereocenters. The first-order chi connectivity index (χ1) is 15.2. The maximum atomic E-state index is 13.4. The van der Waals surface area contributed by atoms with E-state index in [0.29, 0.717) is 12.0 Å². The van der Waals surface area contributed by atoms with E-state index in [1.807, 2.05) is 50.2 Å². The van der Waals surface area contributed by atoms with Crippen molar-refractivity contribution in [1.82, 2.24) is 0 Å². The fourth-order valence-electron chi connectivity index (χ4n) is 4.96. The van der Waals surface area contributed by atoms with E-state index in [1.165, 1.54) is 12.1 Å². The molecule has 0 bridgehead atoms. The van der Waals surface area contributed by atoms with Crippen LogP contribution >= 0.6 is 0 Å². The van der Waals surface area contributed by atoms with Crippen LogP contribution in [0.5, 0.6) is 0 Å². The molecule has 1 aliphatic rings. The molecule has 1 nitrogen and oxygen atoms in total. The molecule has 1 fully saturated rings. The summed E-state index contributed by atoms with van der Waals surface area (Å²) in [7, 11) is 0. The summed E-state index contributed by atoms with van der Waals surface area (Å²) in [4.78, 5) is 13.4. The molecule has 0 heterocycles. The first kappa shape index (κ1) is 22.1. The number of hydrogen-bond acceptors (Lipinski definition) is 1. The van der Waals surface area contributed by atoms with Crippen molar-refractivity contribution in [3.05, 3.63) is 119 Å². The van der Waals surface area contributed by atoms with Crippen molar-refractivity contribution in [2.75, 3.05) is 0 Å². The highest BCUT2D eigenvalue weighted by molar-refractivity contribution is 5.99. The summed E-state index contributed by atoms with van der Waals surface area (Å²) >= 11 is 0. The van der Waals surface area contributed by atoms with Crippen molar-refractivity contribution >= 4 is 5.78 Å². The first-order valence-corrected chi connectivity index (χ1v) is 10.7. The van der Waals surface area contributed by atoms with Crippen LogP contribution in [0, 0.1) is 11.8 Å². The smallest absolute Gasteiger partial charge is 0.294 e. The van der Waals surface area contributed by atoms with Crippen molar-refractivity contribution in [2.45, 2.75) is 31.9 Å². The van der Waals surface area contributed by atoms with Gasteiger partial charge in [-0.2, -0.15) is 13.2 Å². The summed E-state index contributed by atoms with van der Waals surface area (Å²) in [5.74, 6) is -0.502. The number of allylic oxidation sites excluding steroid dienone is 2. The first-order valence-electron chi connectivity index (χ1n) is 10.7. The molecule has 0 aliphatic heterocycles. The van der Waals surface area contributed by atoms with Crippen LogP contribution in [0.2, 0.25) is 0 Å². The van der Waals surface area contributed by atoms with Gasteiger partial charge in [0.05, 0.1) is 5.56 Å². The van der Waals surface area contributed by atoms with Crippen LogP contribution in [0.1, 0.15) is 47.3 Å². The summed E-state index contributed by atoms with van der Waals surface area (Å²) in [5, 5.41) is 0. The Bertz CT molecular complexity index is 1070. The van der Waals surface area contributed by atoms with E-state index in [9.17, 15) is 18.0 Å². The number of hydrogen-bond donors (Lipinski definition) is 0. The average molecular weight is 435 g/mol. The maximum Gasteiger partial charge on any atom is 0.416 e. The fourth-order valence-corrected chi connectivity index (χ4v) is 4.96. The zero-order valence-corrected chi connectivity index (χ0v) is 18.1. The minimum Gasteiger partial charge on any atom is -0.294 e. The van der Waals surface area contributed by atoms with Crippen molar-refractivity contribution in [3.8, 4) is 0 Å². The fraction of sp³-hybridized carbons (Fsp3) is 0.250. The molecule has 0 spiro atoms. The van der Waals surface area contributed by atoms with Crippen LogP contribution < -0.4 is 0 Å². The summed E-state index contributed by atoms with van der Waals surface area (Å²) < 4.78 is 38.8. The second-order valence-corrected chi connectivity index (χ2v) is 8.72. The Morgan fingerprint density at radius 1 is 0.844 bits per heavy atom. The number of carbonyl (C=O) groups excluding carboxylic acids is 1. The molecular weight excluding hydrogens is 409 g/mol. The average Bonchev–Trinajstić information content (AvgIpc) is 2.78. The van der Waals surface area contributed by atoms with Crippen LogP contribution in [0.3, 0.4) is 0 Å². The Morgan fingerprint density at radius 3 is 1.78 bits per heavy atom. The molecule has 3 aromatic rings. The van der Waals surface area contributed by atoms with Gasteiger partial charge in [-0.05, 0) is 43.5 Å². The van der Waals surface area contributed by atoms with Gasteiger partial charge in [0, 0.05) is 22.8 Å². The van der Waals surface area contributed by atoms with Gasteiger partial charge in [0.25, 0.3) is 0 Å². The summed E-state index contributed by atoms with van der Waals surface area (Å²) in [6, 6.07) is 24.9. The van der Waals surface area contributed by atoms with Crippen LogP contribution in [0.25, 0.3) is 0 Å². The predicted molar refractivity (Wildman–Crippen MR) is 120 cm³/mol. The van der Waals surface area contributed by atoms with E-state index in [0.717, 1.165) is 28.8 Å². The monoisotopic (exact) mass is 434 g/mol. The molecule has 32 heavy (non-hydrogen) atoms. The minimum absolute atomic E-state index is 0.0907. The Morgan fingerprint density at radius 2 is 1.34 bits per heavy atom. The van der Waals surface area contributed by atoms with Gasteiger partial charge < -0.3 is 0 Å². The molecular formula is C28H25F3O. The largest absolute Gasteiger partial charge is 0.416 e. The molecule has 4 rings (SSSR count). The Kier molecular flexibility index (Phi) is 5.81. The quantitative estimate of drug-likeness (QED) is 0.301. The molecule has 1 saturated carbocycles. The molecule has 0 aromatic heterocycles. The molecule has 164 valence electrons. The van der Waals surface area contributed by atoms with Crippen molar-refractivity contribution < 1.29 is 18.0 Å². The predicted octanol–water partition coefficient (Wildman–Crippen LogP) is 7.48. The molecule has 1 aliphatic carbocycles. The van der Waals surface area contributed by atoms with Crippen molar-refractivity contribution in [2.24, 2.45) is 11.8 Å². The van der Waals surface area contributed by atoms with E-state index in [-0.39, 0.29) is 23.0 Å². The summed E-state index contributed by atoms with van der Waals surface area (Å²) in [6.45, 7) is 4.03. The van der Waals surface area contributed by atoms with Gasteiger partial charge in [-0.25, -0.2) is 0 Å². The van der Waals surface area contributed by atoms with E-state index in [1.54, 1.807) is 0 Å². The number of rotatable bonds is 5. The lowest BCUT2D eigenvalue weighted by Gasteiger charge is -2.55. The van der Waals surface area contributed by atoms with Gasteiger partial charge in [-0.3, -0.25) is 4.79 Å². The van der Waals surface area contributed by atoms with E-state index in [4.69, 9.17) is 0 Å². The maximum absolute atomic E-state index is 13.4. The highest BCUT2D eigenvalue weighted by Crippen LogP contribution is 2.58.